The van der Waals surface area contributed by atoms with E-state index in [-0.39, 0.29) is 18.4 Å². The standard InChI is InChI=1S/C19H25N3O2S/c1-12-4-5-15-16(11-25-18(15)7-12)19(24)22-6-2-3-13(9-22)17-8-14(10-23)20-21-17/h8,11-13,23H,2-7,9-10H2,1H3,(H,20,21)/t12-,13-/m1/s1. The highest BCUT2D eigenvalue weighted by Crippen LogP contribution is 2.34. The summed E-state index contributed by atoms with van der Waals surface area (Å²) in [5.74, 6) is 1.17. The van der Waals surface area contributed by atoms with Gasteiger partial charge in [-0.05, 0) is 49.7 Å². The second-order valence-corrected chi connectivity index (χ2v) is 8.43. The highest BCUT2D eigenvalue weighted by molar-refractivity contribution is 7.10. The lowest BCUT2D eigenvalue weighted by Crippen LogP contribution is -2.39. The fraction of sp³-hybridized carbons (Fsp3) is 0.579. The van der Waals surface area contributed by atoms with Crippen LogP contribution < -0.4 is 0 Å². The van der Waals surface area contributed by atoms with E-state index < -0.39 is 0 Å². The molecule has 0 aromatic carbocycles. The number of aromatic nitrogens is 2. The van der Waals surface area contributed by atoms with Crippen LogP contribution in [0.5, 0.6) is 0 Å². The zero-order valence-corrected chi connectivity index (χ0v) is 15.4. The van der Waals surface area contributed by atoms with Crippen molar-refractivity contribution < 1.29 is 9.90 Å². The summed E-state index contributed by atoms with van der Waals surface area (Å²) in [5.41, 5.74) is 3.94. The number of nitrogens with zero attached hydrogens (tertiary/aromatic N) is 2. The fourth-order valence-corrected chi connectivity index (χ4v) is 5.34. The third kappa shape index (κ3) is 3.25. The Morgan fingerprint density at radius 1 is 1.48 bits per heavy atom. The predicted molar refractivity (Wildman–Crippen MR) is 97.9 cm³/mol. The smallest absolute Gasteiger partial charge is 0.255 e. The first-order valence-corrected chi connectivity index (χ1v) is 10.1. The number of piperidine rings is 1. The van der Waals surface area contributed by atoms with Gasteiger partial charge >= 0.3 is 0 Å². The van der Waals surface area contributed by atoms with Gasteiger partial charge in [-0.2, -0.15) is 5.10 Å². The molecule has 134 valence electrons. The molecule has 25 heavy (non-hydrogen) atoms. The molecule has 2 aliphatic rings. The summed E-state index contributed by atoms with van der Waals surface area (Å²) < 4.78 is 0. The van der Waals surface area contributed by atoms with Crippen LogP contribution >= 0.6 is 11.3 Å². The number of amides is 1. The van der Waals surface area contributed by atoms with Crippen molar-refractivity contribution in [1.82, 2.24) is 15.1 Å². The van der Waals surface area contributed by atoms with Crippen molar-refractivity contribution in [3.63, 3.8) is 0 Å². The van der Waals surface area contributed by atoms with Crippen molar-refractivity contribution >= 4 is 17.2 Å². The average Bonchev–Trinajstić information content (AvgIpc) is 3.27. The van der Waals surface area contributed by atoms with Crippen LogP contribution in [0.25, 0.3) is 0 Å². The molecule has 0 unspecified atom stereocenters. The summed E-state index contributed by atoms with van der Waals surface area (Å²) in [4.78, 5) is 16.5. The van der Waals surface area contributed by atoms with Gasteiger partial charge in [0.05, 0.1) is 23.6 Å². The second kappa shape index (κ2) is 6.92. The van der Waals surface area contributed by atoms with E-state index >= 15 is 0 Å². The maximum atomic E-state index is 13.1. The molecule has 0 radical (unpaired) electrons. The van der Waals surface area contributed by atoms with Crippen molar-refractivity contribution in [2.24, 2.45) is 5.92 Å². The minimum absolute atomic E-state index is 0.0260. The van der Waals surface area contributed by atoms with Gasteiger partial charge in [0.15, 0.2) is 0 Å². The van der Waals surface area contributed by atoms with E-state index in [4.69, 9.17) is 0 Å². The Kier molecular flexibility index (Phi) is 4.65. The number of carbonyl (C=O) groups excluding carboxylic acids is 1. The molecule has 0 spiro atoms. The van der Waals surface area contributed by atoms with Gasteiger partial charge in [-0.15, -0.1) is 11.3 Å². The van der Waals surface area contributed by atoms with E-state index in [1.54, 1.807) is 11.3 Å². The summed E-state index contributed by atoms with van der Waals surface area (Å²) in [6.07, 6.45) is 5.38. The van der Waals surface area contributed by atoms with Crippen molar-refractivity contribution in [3.8, 4) is 0 Å². The topological polar surface area (TPSA) is 69.2 Å². The van der Waals surface area contributed by atoms with Crippen LogP contribution in [-0.4, -0.2) is 39.2 Å². The number of hydrogen-bond acceptors (Lipinski definition) is 4. The highest BCUT2D eigenvalue weighted by Gasteiger charge is 2.30. The van der Waals surface area contributed by atoms with E-state index in [9.17, 15) is 9.90 Å². The van der Waals surface area contributed by atoms with Crippen LogP contribution in [0.1, 0.15) is 64.3 Å². The number of thiophene rings is 1. The number of likely N-dealkylation sites (tertiary alicyclic amines) is 1. The zero-order valence-electron chi connectivity index (χ0n) is 14.6. The van der Waals surface area contributed by atoms with Crippen LogP contribution in [0.3, 0.4) is 0 Å². The largest absolute Gasteiger partial charge is 0.390 e. The van der Waals surface area contributed by atoms with Crippen LogP contribution in [0.15, 0.2) is 11.4 Å². The number of nitrogens with one attached hydrogen (secondary N) is 1. The lowest BCUT2D eigenvalue weighted by molar-refractivity contribution is 0.0705. The molecule has 4 rings (SSSR count). The highest BCUT2D eigenvalue weighted by atomic mass is 32.1. The molecular formula is C19H25N3O2S. The lowest BCUT2D eigenvalue weighted by atomic mass is 9.88. The third-order valence-corrected chi connectivity index (χ3v) is 6.63. The zero-order chi connectivity index (χ0) is 17.4. The predicted octanol–water partition coefficient (Wildman–Crippen LogP) is 3.11. The molecule has 1 saturated heterocycles. The van der Waals surface area contributed by atoms with E-state index in [1.807, 2.05) is 11.0 Å². The van der Waals surface area contributed by atoms with Crippen molar-refractivity contribution in [1.29, 1.82) is 0 Å². The van der Waals surface area contributed by atoms with E-state index in [1.165, 1.54) is 16.9 Å². The van der Waals surface area contributed by atoms with Crippen molar-refractivity contribution in [2.45, 2.75) is 51.6 Å². The molecule has 1 fully saturated rings. The van der Waals surface area contributed by atoms with Gasteiger partial charge in [-0.25, -0.2) is 0 Å². The normalized spacial score (nSPS) is 23.5. The Morgan fingerprint density at radius 3 is 3.16 bits per heavy atom. The molecule has 2 aromatic heterocycles. The van der Waals surface area contributed by atoms with Gasteiger partial charge < -0.3 is 10.0 Å². The second-order valence-electron chi connectivity index (χ2n) is 7.47. The van der Waals surface area contributed by atoms with E-state index in [2.05, 4.69) is 22.5 Å². The number of rotatable bonds is 3. The van der Waals surface area contributed by atoms with Crippen LogP contribution in [0.2, 0.25) is 0 Å². The Morgan fingerprint density at radius 2 is 2.36 bits per heavy atom. The Labute approximate surface area is 152 Å². The number of aliphatic hydroxyl groups excluding tert-OH is 1. The summed E-state index contributed by atoms with van der Waals surface area (Å²) in [7, 11) is 0. The third-order valence-electron chi connectivity index (χ3n) is 5.58. The number of hydrogen-bond donors (Lipinski definition) is 2. The molecule has 0 bridgehead atoms. The maximum absolute atomic E-state index is 13.1. The summed E-state index contributed by atoms with van der Waals surface area (Å²) in [5, 5.41) is 18.5. The summed E-state index contributed by atoms with van der Waals surface area (Å²) >= 11 is 1.76. The molecule has 2 N–H and O–H groups in total. The molecule has 5 nitrogen and oxygen atoms in total. The quantitative estimate of drug-likeness (QED) is 0.885. The van der Waals surface area contributed by atoms with Crippen molar-refractivity contribution in [3.05, 3.63) is 38.8 Å². The first kappa shape index (κ1) is 16.8. The molecule has 1 aliphatic carbocycles. The molecule has 6 heteroatoms. The van der Waals surface area contributed by atoms with Crippen LogP contribution in [-0.2, 0) is 19.4 Å². The minimum Gasteiger partial charge on any atom is -0.390 e. The van der Waals surface area contributed by atoms with E-state index in [0.29, 0.717) is 0 Å². The fourth-order valence-electron chi connectivity index (χ4n) is 4.10. The average molecular weight is 359 g/mol. The Balaban J connectivity index is 1.50. The Bertz CT molecular complexity index is 767. The molecular weight excluding hydrogens is 334 g/mol. The molecule has 0 saturated carbocycles. The summed E-state index contributed by atoms with van der Waals surface area (Å²) in [6, 6.07) is 1.92. The van der Waals surface area contributed by atoms with Crippen LogP contribution in [0.4, 0.5) is 0 Å². The monoisotopic (exact) mass is 359 g/mol. The first-order valence-electron chi connectivity index (χ1n) is 9.19. The molecule has 1 aliphatic heterocycles. The van der Waals surface area contributed by atoms with Gasteiger partial charge in [-0.3, -0.25) is 9.89 Å². The van der Waals surface area contributed by atoms with Crippen LogP contribution in [0, 0.1) is 5.92 Å². The number of aliphatic hydroxyl groups is 1. The van der Waals surface area contributed by atoms with Crippen molar-refractivity contribution in [2.75, 3.05) is 13.1 Å². The van der Waals surface area contributed by atoms with Gasteiger partial charge in [0, 0.05) is 29.3 Å². The minimum atomic E-state index is -0.0260. The number of fused-ring (bicyclic) bond motifs is 1. The van der Waals surface area contributed by atoms with Gasteiger partial charge in [0.25, 0.3) is 5.91 Å². The first-order chi connectivity index (χ1) is 12.2. The Hall–Kier alpha value is -1.66. The van der Waals surface area contributed by atoms with Gasteiger partial charge in [0.2, 0.25) is 0 Å². The van der Waals surface area contributed by atoms with Gasteiger partial charge in [0.1, 0.15) is 0 Å². The van der Waals surface area contributed by atoms with Gasteiger partial charge in [-0.1, -0.05) is 6.92 Å². The molecule has 2 aromatic rings. The molecule has 3 heterocycles. The number of H-pyrrole nitrogens is 1. The summed E-state index contributed by atoms with van der Waals surface area (Å²) in [6.45, 7) is 3.81. The lowest BCUT2D eigenvalue weighted by Gasteiger charge is -2.32. The SMILES string of the molecule is C[C@@H]1CCc2c(C(=O)N3CCC[C@@H](c4cc(CO)[nH]n4)C3)csc2C1. The number of carbonyl (C=O) groups is 1. The molecule has 1 amide bonds. The number of aromatic amines is 1. The maximum Gasteiger partial charge on any atom is 0.255 e. The van der Waals surface area contributed by atoms with E-state index in [0.717, 1.165) is 61.6 Å². The molecule has 2 atom stereocenters.